The minimum Gasteiger partial charge on any atom is -0.437 e. The van der Waals surface area contributed by atoms with Gasteiger partial charge in [0.1, 0.15) is 17.8 Å². The molecule has 3 rings (SSSR count). The Morgan fingerprint density at radius 1 is 1.14 bits per heavy atom. The first-order valence-corrected chi connectivity index (χ1v) is 7.40. The molecule has 5 heteroatoms. The molecule has 0 bridgehead atoms. The third-order valence-electron chi connectivity index (χ3n) is 3.78. The van der Waals surface area contributed by atoms with Gasteiger partial charge in [-0.2, -0.15) is 4.98 Å². The number of ether oxygens (including phenoxy) is 1. The van der Waals surface area contributed by atoms with Gasteiger partial charge in [-0.05, 0) is 37.0 Å². The summed E-state index contributed by atoms with van der Waals surface area (Å²) in [5, 5.41) is 0. The van der Waals surface area contributed by atoms with Gasteiger partial charge in [0.05, 0.1) is 0 Å². The SMILES string of the molecule is CCc1ccc(Oc2ncnc(N3CCCC3)c2N)cc1. The number of nitrogen functional groups attached to an aromatic ring is 1. The van der Waals surface area contributed by atoms with Gasteiger partial charge in [0.15, 0.2) is 5.82 Å². The summed E-state index contributed by atoms with van der Waals surface area (Å²) < 4.78 is 5.81. The van der Waals surface area contributed by atoms with Gasteiger partial charge >= 0.3 is 0 Å². The second-order valence-electron chi connectivity index (χ2n) is 5.21. The highest BCUT2D eigenvalue weighted by Crippen LogP contribution is 2.32. The van der Waals surface area contributed by atoms with Crippen LogP contribution in [0.5, 0.6) is 11.6 Å². The monoisotopic (exact) mass is 284 g/mol. The number of aromatic nitrogens is 2. The van der Waals surface area contributed by atoms with Crippen molar-refractivity contribution in [3.8, 4) is 11.6 Å². The lowest BCUT2D eigenvalue weighted by molar-refractivity contribution is 0.464. The van der Waals surface area contributed by atoms with Crippen molar-refractivity contribution in [2.45, 2.75) is 26.2 Å². The molecule has 1 aromatic carbocycles. The number of hydrogen-bond donors (Lipinski definition) is 1. The topological polar surface area (TPSA) is 64.3 Å². The van der Waals surface area contributed by atoms with Gasteiger partial charge in [-0.1, -0.05) is 19.1 Å². The Bertz CT molecular complexity index is 606. The molecule has 1 aliphatic heterocycles. The quantitative estimate of drug-likeness (QED) is 0.935. The van der Waals surface area contributed by atoms with Crippen LogP contribution in [0.3, 0.4) is 0 Å². The predicted molar refractivity (Wildman–Crippen MR) is 83.8 cm³/mol. The van der Waals surface area contributed by atoms with E-state index in [1.807, 2.05) is 24.3 Å². The summed E-state index contributed by atoms with van der Waals surface area (Å²) in [6.45, 7) is 4.11. The highest BCUT2D eigenvalue weighted by atomic mass is 16.5. The molecule has 1 aliphatic rings. The zero-order valence-corrected chi connectivity index (χ0v) is 12.2. The van der Waals surface area contributed by atoms with Crippen LogP contribution < -0.4 is 15.4 Å². The summed E-state index contributed by atoms with van der Waals surface area (Å²) in [6, 6.07) is 7.98. The minimum absolute atomic E-state index is 0.427. The normalized spacial score (nSPS) is 14.4. The average molecular weight is 284 g/mol. The molecule has 2 aromatic rings. The second kappa shape index (κ2) is 5.99. The number of nitrogens with zero attached hydrogens (tertiary/aromatic N) is 3. The maximum atomic E-state index is 6.18. The molecule has 0 aliphatic carbocycles. The summed E-state index contributed by atoms with van der Waals surface area (Å²) in [7, 11) is 0. The van der Waals surface area contributed by atoms with Gasteiger partial charge in [0, 0.05) is 13.1 Å². The number of rotatable bonds is 4. The molecule has 0 unspecified atom stereocenters. The van der Waals surface area contributed by atoms with Crippen molar-refractivity contribution in [1.29, 1.82) is 0 Å². The van der Waals surface area contributed by atoms with E-state index in [0.717, 1.165) is 31.1 Å². The van der Waals surface area contributed by atoms with Crippen molar-refractivity contribution in [3.05, 3.63) is 36.2 Å². The number of aryl methyl sites for hydroxylation is 1. The van der Waals surface area contributed by atoms with Gasteiger partial charge in [0.2, 0.25) is 5.88 Å². The lowest BCUT2D eigenvalue weighted by atomic mass is 10.2. The van der Waals surface area contributed by atoms with Crippen LogP contribution in [-0.2, 0) is 6.42 Å². The fraction of sp³-hybridized carbons (Fsp3) is 0.375. The Labute approximate surface area is 124 Å². The molecule has 1 fully saturated rings. The lowest BCUT2D eigenvalue weighted by Gasteiger charge is -2.19. The molecule has 0 spiro atoms. The minimum atomic E-state index is 0.427. The van der Waals surface area contributed by atoms with Crippen LogP contribution in [0.2, 0.25) is 0 Å². The molecule has 0 amide bonds. The van der Waals surface area contributed by atoms with Crippen LogP contribution in [0.15, 0.2) is 30.6 Å². The van der Waals surface area contributed by atoms with Crippen molar-refractivity contribution < 1.29 is 4.74 Å². The maximum Gasteiger partial charge on any atom is 0.248 e. The van der Waals surface area contributed by atoms with Crippen LogP contribution in [-0.4, -0.2) is 23.1 Å². The fourth-order valence-electron chi connectivity index (χ4n) is 2.54. The molecule has 2 N–H and O–H groups in total. The van der Waals surface area contributed by atoms with E-state index in [1.165, 1.54) is 24.7 Å². The number of nitrogens with two attached hydrogens (primary N) is 1. The molecule has 2 heterocycles. The Morgan fingerprint density at radius 2 is 1.86 bits per heavy atom. The zero-order valence-electron chi connectivity index (χ0n) is 12.2. The number of benzene rings is 1. The van der Waals surface area contributed by atoms with E-state index in [0.29, 0.717) is 11.6 Å². The molecule has 0 radical (unpaired) electrons. The Hall–Kier alpha value is -2.30. The summed E-state index contributed by atoms with van der Waals surface area (Å²) in [4.78, 5) is 10.6. The molecule has 0 saturated carbocycles. The largest absolute Gasteiger partial charge is 0.437 e. The van der Waals surface area contributed by atoms with Gasteiger partial charge < -0.3 is 15.4 Å². The van der Waals surface area contributed by atoms with Crippen molar-refractivity contribution in [3.63, 3.8) is 0 Å². The van der Waals surface area contributed by atoms with E-state index in [9.17, 15) is 0 Å². The highest BCUT2D eigenvalue weighted by molar-refractivity contribution is 5.68. The van der Waals surface area contributed by atoms with Gasteiger partial charge in [-0.25, -0.2) is 4.98 Å². The third-order valence-corrected chi connectivity index (χ3v) is 3.78. The van der Waals surface area contributed by atoms with Gasteiger partial charge in [-0.3, -0.25) is 0 Å². The lowest BCUT2D eigenvalue weighted by Crippen LogP contribution is -2.20. The highest BCUT2D eigenvalue weighted by Gasteiger charge is 2.19. The van der Waals surface area contributed by atoms with E-state index >= 15 is 0 Å². The summed E-state index contributed by atoms with van der Waals surface area (Å²) in [5.41, 5.74) is 7.96. The Kier molecular flexibility index (Phi) is 3.90. The van der Waals surface area contributed by atoms with E-state index in [1.54, 1.807) is 0 Å². The van der Waals surface area contributed by atoms with E-state index in [-0.39, 0.29) is 0 Å². The molecule has 1 saturated heterocycles. The molecule has 0 atom stereocenters. The average Bonchev–Trinajstić information content (AvgIpc) is 3.04. The summed E-state index contributed by atoms with van der Waals surface area (Å²) >= 11 is 0. The van der Waals surface area contributed by atoms with E-state index in [2.05, 4.69) is 21.8 Å². The maximum absolute atomic E-state index is 6.18. The van der Waals surface area contributed by atoms with Crippen molar-refractivity contribution in [1.82, 2.24) is 9.97 Å². The van der Waals surface area contributed by atoms with Crippen LogP contribution in [0.4, 0.5) is 11.5 Å². The van der Waals surface area contributed by atoms with Crippen LogP contribution in [0.1, 0.15) is 25.3 Å². The standard InChI is InChI=1S/C16H20N4O/c1-2-12-5-7-13(8-6-12)21-16-14(17)15(18-11-19-16)20-9-3-4-10-20/h5-8,11H,2-4,9-10,17H2,1H3. The summed E-state index contributed by atoms with van der Waals surface area (Å²) in [5.74, 6) is 1.95. The molecular weight excluding hydrogens is 264 g/mol. The zero-order chi connectivity index (χ0) is 14.7. The van der Waals surface area contributed by atoms with Crippen molar-refractivity contribution in [2.75, 3.05) is 23.7 Å². The van der Waals surface area contributed by atoms with Crippen molar-refractivity contribution >= 4 is 11.5 Å². The number of hydrogen-bond acceptors (Lipinski definition) is 5. The smallest absolute Gasteiger partial charge is 0.248 e. The first-order chi connectivity index (χ1) is 10.3. The molecule has 21 heavy (non-hydrogen) atoms. The third kappa shape index (κ3) is 2.91. The molecule has 5 nitrogen and oxygen atoms in total. The Balaban J connectivity index is 1.82. The van der Waals surface area contributed by atoms with E-state index < -0.39 is 0 Å². The molecule has 110 valence electrons. The van der Waals surface area contributed by atoms with E-state index in [4.69, 9.17) is 10.5 Å². The van der Waals surface area contributed by atoms with Gasteiger partial charge in [0.25, 0.3) is 0 Å². The summed E-state index contributed by atoms with van der Waals surface area (Å²) in [6.07, 6.45) is 4.88. The van der Waals surface area contributed by atoms with Crippen LogP contribution in [0.25, 0.3) is 0 Å². The van der Waals surface area contributed by atoms with Crippen molar-refractivity contribution in [2.24, 2.45) is 0 Å². The van der Waals surface area contributed by atoms with Gasteiger partial charge in [-0.15, -0.1) is 0 Å². The molecule has 1 aromatic heterocycles. The predicted octanol–water partition coefficient (Wildman–Crippen LogP) is 3.01. The number of anilines is 2. The Morgan fingerprint density at radius 3 is 2.52 bits per heavy atom. The van der Waals surface area contributed by atoms with Crippen LogP contribution in [0, 0.1) is 0 Å². The first kappa shape index (κ1) is 13.7. The second-order valence-corrected chi connectivity index (χ2v) is 5.21. The first-order valence-electron chi connectivity index (χ1n) is 7.40. The molecular formula is C16H20N4O. The fourth-order valence-corrected chi connectivity index (χ4v) is 2.54. The van der Waals surface area contributed by atoms with Crippen LogP contribution >= 0.6 is 0 Å².